The maximum Gasteiger partial charge on any atom is 0.275 e. The number of aromatic nitrogens is 4. The largest absolute Gasteiger partial charge is 0.481 e. The summed E-state index contributed by atoms with van der Waals surface area (Å²) in [6.07, 6.45) is 4.61. The van der Waals surface area contributed by atoms with E-state index in [0.29, 0.717) is 23.3 Å². The van der Waals surface area contributed by atoms with Crippen LogP contribution in [0, 0.1) is 5.92 Å². The summed E-state index contributed by atoms with van der Waals surface area (Å²) < 4.78 is 12.4. The summed E-state index contributed by atoms with van der Waals surface area (Å²) in [7, 11) is 1.53. The molecule has 0 aromatic carbocycles. The van der Waals surface area contributed by atoms with E-state index in [4.69, 9.17) is 9.47 Å². The Labute approximate surface area is 150 Å². The van der Waals surface area contributed by atoms with E-state index in [1.54, 1.807) is 30.5 Å². The van der Waals surface area contributed by atoms with Gasteiger partial charge in [-0.3, -0.25) is 9.48 Å². The van der Waals surface area contributed by atoms with Crippen LogP contribution in [-0.2, 0) is 11.3 Å². The zero-order chi connectivity index (χ0) is 17.9. The zero-order valence-corrected chi connectivity index (χ0v) is 14.4. The van der Waals surface area contributed by atoms with Crippen molar-refractivity contribution in [3.63, 3.8) is 0 Å². The fraction of sp³-hybridized carbons (Fsp3) is 0.333. The van der Waals surface area contributed by atoms with Gasteiger partial charge >= 0.3 is 0 Å². The van der Waals surface area contributed by atoms with Crippen LogP contribution in [0.15, 0.2) is 36.7 Å². The predicted molar refractivity (Wildman–Crippen MR) is 95.2 cm³/mol. The summed E-state index contributed by atoms with van der Waals surface area (Å²) >= 11 is 0. The van der Waals surface area contributed by atoms with Gasteiger partial charge in [-0.2, -0.15) is 10.1 Å². The topological polar surface area (TPSA) is 91.2 Å². The molecule has 1 atom stereocenters. The Morgan fingerprint density at radius 3 is 3.19 bits per heavy atom. The Bertz CT molecular complexity index is 933. The van der Waals surface area contributed by atoms with Crippen LogP contribution >= 0.6 is 0 Å². The first kappa shape index (κ1) is 16.5. The first-order valence-electron chi connectivity index (χ1n) is 8.44. The molecule has 134 valence electrons. The van der Waals surface area contributed by atoms with Crippen molar-refractivity contribution in [1.82, 2.24) is 19.7 Å². The number of anilines is 1. The number of hydrogen-bond donors (Lipinski definition) is 1. The van der Waals surface area contributed by atoms with Crippen LogP contribution in [0.3, 0.4) is 0 Å². The van der Waals surface area contributed by atoms with Gasteiger partial charge in [0.25, 0.3) is 5.91 Å². The highest BCUT2D eigenvalue weighted by Crippen LogP contribution is 2.18. The highest BCUT2D eigenvalue weighted by atomic mass is 16.5. The fourth-order valence-corrected chi connectivity index (χ4v) is 2.97. The molecule has 1 aliphatic heterocycles. The van der Waals surface area contributed by atoms with Crippen LogP contribution in [0.1, 0.15) is 16.9 Å². The van der Waals surface area contributed by atoms with Crippen molar-refractivity contribution in [3.05, 3.63) is 42.4 Å². The fourth-order valence-electron chi connectivity index (χ4n) is 2.97. The van der Waals surface area contributed by atoms with Gasteiger partial charge in [-0.25, -0.2) is 4.98 Å². The van der Waals surface area contributed by atoms with E-state index < -0.39 is 0 Å². The second-order valence-electron chi connectivity index (χ2n) is 6.23. The minimum absolute atomic E-state index is 0.311. The molecule has 0 bridgehead atoms. The minimum Gasteiger partial charge on any atom is -0.481 e. The van der Waals surface area contributed by atoms with Gasteiger partial charge in [0.15, 0.2) is 0 Å². The molecule has 26 heavy (non-hydrogen) atoms. The molecular formula is C18H19N5O3. The van der Waals surface area contributed by atoms with Crippen molar-refractivity contribution in [1.29, 1.82) is 0 Å². The Hall–Kier alpha value is -3.00. The van der Waals surface area contributed by atoms with Crippen LogP contribution in [-0.4, -0.2) is 46.0 Å². The summed E-state index contributed by atoms with van der Waals surface area (Å²) in [5.74, 6) is 1.00. The Morgan fingerprint density at radius 2 is 2.38 bits per heavy atom. The number of methoxy groups -OCH3 is 1. The number of ether oxygens (including phenoxy) is 2. The van der Waals surface area contributed by atoms with Gasteiger partial charge in [0, 0.05) is 36.7 Å². The third kappa shape index (κ3) is 3.50. The molecular weight excluding hydrogens is 334 g/mol. The van der Waals surface area contributed by atoms with E-state index in [1.807, 2.05) is 10.9 Å². The number of rotatable bonds is 5. The van der Waals surface area contributed by atoms with Gasteiger partial charge in [0.1, 0.15) is 17.0 Å². The normalized spacial score (nSPS) is 16.7. The summed E-state index contributed by atoms with van der Waals surface area (Å²) in [5, 5.41) is 8.13. The van der Waals surface area contributed by atoms with Crippen LogP contribution in [0.25, 0.3) is 10.9 Å². The number of amides is 1. The highest BCUT2D eigenvalue weighted by molar-refractivity contribution is 6.04. The number of nitrogens with one attached hydrogen (secondary N) is 1. The number of nitrogens with zero attached hydrogens (tertiary/aromatic N) is 4. The first-order valence-corrected chi connectivity index (χ1v) is 8.44. The Balaban J connectivity index is 1.51. The third-order valence-corrected chi connectivity index (χ3v) is 4.31. The summed E-state index contributed by atoms with van der Waals surface area (Å²) in [6, 6.07) is 6.90. The lowest BCUT2D eigenvalue weighted by Crippen LogP contribution is -2.14. The molecule has 0 spiro atoms. The molecule has 0 aliphatic carbocycles. The smallest absolute Gasteiger partial charge is 0.275 e. The molecule has 4 rings (SSSR count). The maximum absolute atomic E-state index is 12.4. The number of pyridine rings is 2. The van der Waals surface area contributed by atoms with E-state index in [0.717, 1.165) is 37.1 Å². The van der Waals surface area contributed by atoms with Gasteiger partial charge < -0.3 is 14.8 Å². The number of carbonyl (C=O) groups excluding carboxylic acids is 1. The zero-order valence-electron chi connectivity index (χ0n) is 14.4. The average Bonchev–Trinajstić information content (AvgIpc) is 3.30. The lowest BCUT2D eigenvalue weighted by molar-refractivity contribution is 0.102. The van der Waals surface area contributed by atoms with Gasteiger partial charge in [-0.05, 0) is 18.6 Å². The number of hydrogen-bond acceptors (Lipinski definition) is 6. The average molecular weight is 353 g/mol. The van der Waals surface area contributed by atoms with E-state index in [2.05, 4.69) is 20.4 Å². The van der Waals surface area contributed by atoms with E-state index in [1.165, 1.54) is 7.11 Å². The maximum atomic E-state index is 12.4. The molecule has 0 radical (unpaired) electrons. The molecule has 1 amide bonds. The van der Waals surface area contributed by atoms with E-state index in [9.17, 15) is 4.79 Å². The van der Waals surface area contributed by atoms with Gasteiger partial charge in [0.2, 0.25) is 5.88 Å². The molecule has 1 saturated heterocycles. The Morgan fingerprint density at radius 1 is 1.46 bits per heavy atom. The monoisotopic (exact) mass is 353 g/mol. The lowest BCUT2D eigenvalue weighted by Gasteiger charge is -2.06. The highest BCUT2D eigenvalue weighted by Gasteiger charge is 2.17. The van der Waals surface area contributed by atoms with Gasteiger partial charge in [-0.1, -0.05) is 6.07 Å². The summed E-state index contributed by atoms with van der Waals surface area (Å²) in [4.78, 5) is 20.8. The van der Waals surface area contributed by atoms with Crippen LogP contribution in [0.4, 0.5) is 5.82 Å². The molecule has 1 unspecified atom stereocenters. The molecule has 8 heteroatoms. The van der Waals surface area contributed by atoms with Crippen LogP contribution in [0.2, 0.25) is 0 Å². The van der Waals surface area contributed by atoms with E-state index in [-0.39, 0.29) is 5.91 Å². The molecule has 1 aliphatic rings. The molecule has 0 saturated carbocycles. The van der Waals surface area contributed by atoms with E-state index >= 15 is 0 Å². The molecule has 1 N–H and O–H groups in total. The standard InChI is InChI=1S/C18H19N5O3/c1-25-17-4-2-3-16(20-17)21-18(24)14-7-13-10-23(22-15(13)8-19-14)9-12-5-6-26-11-12/h2-4,7-8,10,12H,5-6,9,11H2,1H3,(H,20,21,24). The van der Waals surface area contributed by atoms with Crippen molar-refractivity contribution < 1.29 is 14.3 Å². The molecule has 8 nitrogen and oxygen atoms in total. The second-order valence-corrected chi connectivity index (χ2v) is 6.23. The second kappa shape index (κ2) is 7.09. The summed E-state index contributed by atoms with van der Waals surface area (Å²) in [5.41, 5.74) is 1.07. The SMILES string of the molecule is COc1cccc(NC(=O)c2cc3cn(CC4CCOC4)nc3cn2)n1. The third-order valence-electron chi connectivity index (χ3n) is 4.31. The van der Waals surface area contributed by atoms with Crippen molar-refractivity contribution in [2.24, 2.45) is 5.92 Å². The minimum atomic E-state index is -0.329. The molecule has 3 aromatic rings. The lowest BCUT2D eigenvalue weighted by atomic mass is 10.1. The van der Waals surface area contributed by atoms with Gasteiger partial charge in [-0.15, -0.1) is 0 Å². The molecule has 1 fully saturated rings. The first-order chi connectivity index (χ1) is 12.7. The summed E-state index contributed by atoms with van der Waals surface area (Å²) in [6.45, 7) is 2.40. The van der Waals surface area contributed by atoms with Gasteiger partial charge in [0.05, 0.1) is 19.9 Å². The number of carbonyl (C=O) groups is 1. The van der Waals surface area contributed by atoms with Crippen molar-refractivity contribution in [2.45, 2.75) is 13.0 Å². The van der Waals surface area contributed by atoms with Crippen molar-refractivity contribution >= 4 is 22.6 Å². The predicted octanol–water partition coefficient (Wildman–Crippen LogP) is 2.12. The molecule has 4 heterocycles. The molecule has 3 aromatic heterocycles. The number of fused-ring (bicyclic) bond motifs is 1. The van der Waals surface area contributed by atoms with Crippen LogP contribution in [0.5, 0.6) is 5.88 Å². The van der Waals surface area contributed by atoms with Crippen molar-refractivity contribution in [3.8, 4) is 5.88 Å². The van der Waals surface area contributed by atoms with Crippen LogP contribution < -0.4 is 10.1 Å². The quantitative estimate of drug-likeness (QED) is 0.755. The van der Waals surface area contributed by atoms with Crippen molar-refractivity contribution in [2.75, 3.05) is 25.6 Å². The Kier molecular flexibility index (Phi) is 4.49.